The molecule has 3 rings (SSSR count). The molecule has 1 aromatic heterocycles. The van der Waals surface area contributed by atoms with Crippen LogP contribution >= 0.6 is 39.0 Å². The summed E-state index contributed by atoms with van der Waals surface area (Å²) in [5.41, 5.74) is 4.38. The SMILES string of the molecule is CCCCOc1ccc(Br)cc1/C=N/NC(=O)C(C)Sc1nc2ccccc2s1. The Bertz CT molecular complexity index is 974. The van der Waals surface area contributed by atoms with Crippen LogP contribution in [0.15, 0.2) is 56.4 Å². The van der Waals surface area contributed by atoms with Crippen LogP contribution in [0.2, 0.25) is 0 Å². The third kappa shape index (κ3) is 6.29. The second-order valence-electron chi connectivity index (χ2n) is 6.33. The van der Waals surface area contributed by atoms with Crippen LogP contribution < -0.4 is 10.2 Å². The normalized spacial score (nSPS) is 12.4. The van der Waals surface area contributed by atoms with Crippen LogP contribution in [0.1, 0.15) is 32.3 Å². The van der Waals surface area contributed by atoms with Crippen LogP contribution in [0, 0.1) is 0 Å². The summed E-state index contributed by atoms with van der Waals surface area (Å²) in [6.45, 7) is 4.62. The highest BCUT2D eigenvalue weighted by molar-refractivity contribution is 9.10. The number of halogens is 1. The minimum absolute atomic E-state index is 0.172. The minimum Gasteiger partial charge on any atom is -0.493 e. The number of carbonyl (C=O) groups excluding carboxylic acids is 1. The molecule has 0 spiro atoms. The maximum Gasteiger partial charge on any atom is 0.253 e. The molecule has 0 radical (unpaired) electrons. The van der Waals surface area contributed by atoms with Crippen molar-refractivity contribution < 1.29 is 9.53 Å². The molecule has 1 unspecified atom stereocenters. The molecule has 1 atom stereocenters. The number of benzene rings is 2. The largest absolute Gasteiger partial charge is 0.493 e. The summed E-state index contributed by atoms with van der Waals surface area (Å²) in [5.74, 6) is 0.575. The molecule has 152 valence electrons. The number of fused-ring (bicyclic) bond motifs is 1. The van der Waals surface area contributed by atoms with Gasteiger partial charge in [0.1, 0.15) is 5.75 Å². The first-order valence-corrected chi connectivity index (χ1v) is 11.8. The van der Waals surface area contributed by atoms with Gasteiger partial charge in [-0.15, -0.1) is 11.3 Å². The second kappa shape index (κ2) is 10.8. The van der Waals surface area contributed by atoms with E-state index in [1.165, 1.54) is 11.8 Å². The van der Waals surface area contributed by atoms with E-state index in [4.69, 9.17) is 4.74 Å². The standard InChI is InChI=1S/C21H22BrN3O2S2/c1-3-4-11-27-18-10-9-16(22)12-15(18)13-23-25-20(26)14(2)28-21-24-17-7-5-6-8-19(17)29-21/h5-10,12-14H,3-4,11H2,1-2H3,(H,25,26)/b23-13+. The Morgan fingerprint density at radius 1 is 1.38 bits per heavy atom. The van der Waals surface area contributed by atoms with Crippen molar-refractivity contribution in [2.75, 3.05) is 6.61 Å². The number of ether oxygens (including phenoxy) is 1. The fraction of sp³-hybridized carbons (Fsp3) is 0.286. The molecular weight excluding hydrogens is 470 g/mol. The van der Waals surface area contributed by atoms with Gasteiger partial charge in [0.2, 0.25) is 0 Å². The molecule has 0 fully saturated rings. The third-order valence-corrected chi connectivity index (χ3v) is 6.75. The average molecular weight is 492 g/mol. The first kappa shape index (κ1) is 21.8. The highest BCUT2D eigenvalue weighted by Gasteiger charge is 2.16. The summed E-state index contributed by atoms with van der Waals surface area (Å²) in [5, 5.41) is 3.81. The van der Waals surface area contributed by atoms with Gasteiger partial charge in [0, 0.05) is 10.0 Å². The Kier molecular flexibility index (Phi) is 8.09. The van der Waals surface area contributed by atoms with E-state index in [9.17, 15) is 4.79 Å². The van der Waals surface area contributed by atoms with Crippen molar-refractivity contribution >= 4 is 61.4 Å². The average Bonchev–Trinajstić information content (AvgIpc) is 3.11. The summed E-state index contributed by atoms with van der Waals surface area (Å²) in [6, 6.07) is 13.7. The lowest BCUT2D eigenvalue weighted by molar-refractivity contribution is -0.120. The van der Waals surface area contributed by atoms with Gasteiger partial charge in [0.25, 0.3) is 5.91 Å². The maximum atomic E-state index is 12.4. The molecule has 29 heavy (non-hydrogen) atoms. The number of nitrogens with one attached hydrogen (secondary N) is 1. The topological polar surface area (TPSA) is 63.6 Å². The van der Waals surface area contributed by atoms with E-state index < -0.39 is 0 Å². The zero-order valence-corrected chi connectivity index (χ0v) is 19.4. The minimum atomic E-state index is -0.310. The zero-order chi connectivity index (χ0) is 20.6. The number of nitrogens with zero attached hydrogens (tertiary/aromatic N) is 2. The number of carbonyl (C=O) groups is 1. The Hall–Kier alpha value is -1.90. The van der Waals surface area contributed by atoms with Gasteiger partial charge in [-0.1, -0.05) is 53.2 Å². The van der Waals surface area contributed by atoms with Crippen LogP contribution in [-0.4, -0.2) is 29.0 Å². The predicted molar refractivity (Wildman–Crippen MR) is 125 cm³/mol. The Balaban J connectivity index is 1.59. The smallest absolute Gasteiger partial charge is 0.253 e. The van der Waals surface area contributed by atoms with Gasteiger partial charge in [-0.2, -0.15) is 5.10 Å². The number of amides is 1. The molecule has 0 aliphatic carbocycles. The van der Waals surface area contributed by atoms with Gasteiger partial charge in [-0.05, 0) is 43.7 Å². The predicted octanol–water partition coefficient (Wildman–Crippen LogP) is 5.87. The van der Waals surface area contributed by atoms with Gasteiger partial charge < -0.3 is 4.74 Å². The van der Waals surface area contributed by atoms with Crippen LogP contribution in [0.3, 0.4) is 0 Å². The molecule has 1 amide bonds. The summed E-state index contributed by atoms with van der Waals surface area (Å²) >= 11 is 6.48. The fourth-order valence-electron chi connectivity index (χ4n) is 2.44. The molecule has 5 nitrogen and oxygen atoms in total. The first-order chi connectivity index (χ1) is 14.1. The number of rotatable bonds is 9. The molecular formula is C21H22BrN3O2S2. The van der Waals surface area contributed by atoms with Crippen molar-refractivity contribution in [1.82, 2.24) is 10.4 Å². The van der Waals surface area contributed by atoms with Gasteiger partial charge >= 0.3 is 0 Å². The molecule has 0 saturated carbocycles. The Morgan fingerprint density at radius 2 is 2.21 bits per heavy atom. The maximum absolute atomic E-state index is 12.4. The highest BCUT2D eigenvalue weighted by Crippen LogP contribution is 2.31. The van der Waals surface area contributed by atoms with E-state index in [0.29, 0.717) is 6.61 Å². The summed E-state index contributed by atoms with van der Waals surface area (Å²) in [4.78, 5) is 17.0. The highest BCUT2D eigenvalue weighted by atomic mass is 79.9. The van der Waals surface area contributed by atoms with Gasteiger partial charge in [0.05, 0.1) is 28.3 Å². The monoisotopic (exact) mass is 491 g/mol. The number of hydrazone groups is 1. The second-order valence-corrected chi connectivity index (χ2v) is 9.86. The molecule has 2 aromatic carbocycles. The number of hydrogen-bond donors (Lipinski definition) is 1. The molecule has 0 aliphatic heterocycles. The Morgan fingerprint density at radius 3 is 3.00 bits per heavy atom. The van der Waals surface area contributed by atoms with Gasteiger partial charge in [-0.25, -0.2) is 10.4 Å². The fourth-order valence-corrected chi connectivity index (χ4v) is 5.02. The van der Waals surface area contributed by atoms with Crippen molar-refractivity contribution in [2.45, 2.75) is 36.3 Å². The van der Waals surface area contributed by atoms with Crippen LogP contribution in [-0.2, 0) is 4.79 Å². The summed E-state index contributed by atoms with van der Waals surface area (Å²) in [6.07, 6.45) is 3.67. The van der Waals surface area contributed by atoms with E-state index in [1.54, 1.807) is 17.6 Å². The lowest BCUT2D eigenvalue weighted by atomic mass is 10.2. The lowest BCUT2D eigenvalue weighted by Gasteiger charge is -2.09. The van der Waals surface area contributed by atoms with Gasteiger partial charge in [-0.3, -0.25) is 4.79 Å². The van der Waals surface area contributed by atoms with Crippen molar-refractivity contribution in [2.24, 2.45) is 5.10 Å². The molecule has 0 aliphatic rings. The van der Waals surface area contributed by atoms with Crippen LogP contribution in [0.25, 0.3) is 10.2 Å². The lowest BCUT2D eigenvalue weighted by Crippen LogP contribution is -2.26. The van der Waals surface area contributed by atoms with Crippen molar-refractivity contribution in [1.29, 1.82) is 0 Å². The van der Waals surface area contributed by atoms with E-state index in [1.807, 2.05) is 49.4 Å². The number of thiazole rings is 1. The van der Waals surface area contributed by atoms with Gasteiger partial charge in [0.15, 0.2) is 4.34 Å². The van der Waals surface area contributed by atoms with Crippen LogP contribution in [0.4, 0.5) is 0 Å². The molecule has 1 N–H and O–H groups in total. The number of unbranched alkanes of at least 4 members (excludes halogenated alkanes) is 1. The molecule has 3 aromatic rings. The van der Waals surface area contributed by atoms with E-state index in [0.717, 1.165) is 43.2 Å². The molecule has 0 saturated heterocycles. The zero-order valence-electron chi connectivity index (χ0n) is 16.2. The third-order valence-electron chi connectivity index (χ3n) is 4.03. The molecule has 0 bridgehead atoms. The van der Waals surface area contributed by atoms with E-state index in [2.05, 4.69) is 38.4 Å². The number of hydrogen-bond acceptors (Lipinski definition) is 6. The molecule has 8 heteroatoms. The quantitative estimate of drug-likeness (QED) is 0.176. The van der Waals surface area contributed by atoms with Crippen molar-refractivity contribution in [3.05, 3.63) is 52.5 Å². The molecule has 1 heterocycles. The van der Waals surface area contributed by atoms with Crippen LogP contribution in [0.5, 0.6) is 5.75 Å². The van der Waals surface area contributed by atoms with Crippen molar-refractivity contribution in [3.63, 3.8) is 0 Å². The van der Waals surface area contributed by atoms with E-state index in [-0.39, 0.29) is 11.2 Å². The first-order valence-electron chi connectivity index (χ1n) is 9.34. The summed E-state index contributed by atoms with van der Waals surface area (Å²) in [7, 11) is 0. The number of aromatic nitrogens is 1. The number of para-hydroxylation sites is 1. The number of thioether (sulfide) groups is 1. The Labute approximate surface area is 187 Å². The van der Waals surface area contributed by atoms with Crippen molar-refractivity contribution in [3.8, 4) is 5.75 Å². The van der Waals surface area contributed by atoms with E-state index >= 15 is 0 Å². The summed E-state index contributed by atoms with van der Waals surface area (Å²) < 4.78 is 8.72.